The van der Waals surface area contributed by atoms with Crippen molar-refractivity contribution in [1.29, 1.82) is 0 Å². The third-order valence-electron chi connectivity index (χ3n) is 4.80. The minimum atomic E-state index is -0.948. The van der Waals surface area contributed by atoms with E-state index in [9.17, 15) is 14.7 Å². The molecule has 0 aromatic heterocycles. The number of aryl methyl sites for hydroxylation is 2. The van der Waals surface area contributed by atoms with Crippen LogP contribution in [0.5, 0.6) is 5.75 Å². The van der Waals surface area contributed by atoms with Crippen LogP contribution in [0, 0.1) is 6.92 Å². The number of amides is 1. The van der Waals surface area contributed by atoms with Crippen molar-refractivity contribution < 1.29 is 19.4 Å². The van der Waals surface area contributed by atoms with E-state index in [1.54, 1.807) is 19.1 Å². The summed E-state index contributed by atoms with van der Waals surface area (Å²) in [6.07, 6.45) is 1.94. The molecule has 0 unspecified atom stereocenters. The van der Waals surface area contributed by atoms with Crippen molar-refractivity contribution in [2.24, 2.45) is 0 Å². The first kappa shape index (κ1) is 18.0. The van der Waals surface area contributed by atoms with E-state index >= 15 is 0 Å². The van der Waals surface area contributed by atoms with Gasteiger partial charge in [0.05, 0.1) is 6.04 Å². The number of aromatic hydroxyl groups is 1. The minimum absolute atomic E-state index is 0.0627. The van der Waals surface area contributed by atoms with Gasteiger partial charge in [0.2, 0.25) is 0 Å². The monoisotopic (exact) mass is 353 g/mol. The Morgan fingerprint density at radius 2 is 1.96 bits per heavy atom. The Bertz CT molecular complexity index is 831. The van der Waals surface area contributed by atoms with Crippen molar-refractivity contribution in [2.75, 3.05) is 0 Å². The highest BCUT2D eigenvalue weighted by molar-refractivity contribution is 5.95. The highest BCUT2D eigenvalue weighted by Gasteiger charge is 2.26. The molecule has 0 radical (unpaired) electrons. The van der Waals surface area contributed by atoms with E-state index in [4.69, 9.17) is 4.74 Å². The summed E-state index contributed by atoms with van der Waals surface area (Å²) in [6.45, 7) is 3.23. The Morgan fingerprint density at radius 3 is 2.77 bits per heavy atom. The standard InChI is InChI=1S/C21H23NO4/c1-13-7-5-11-17(19(13)23)21(25)26-14(2)20(24)22-18-12-6-9-15-8-3-4-10-16(15)18/h3-5,7-8,10-11,14,18,23H,6,9,12H2,1-2H3,(H,22,24)/t14-,18-/m1/s1. The molecule has 3 rings (SSSR count). The average molecular weight is 353 g/mol. The van der Waals surface area contributed by atoms with Gasteiger partial charge in [-0.2, -0.15) is 0 Å². The van der Waals surface area contributed by atoms with Crippen LogP contribution in [0.15, 0.2) is 42.5 Å². The number of para-hydroxylation sites is 1. The van der Waals surface area contributed by atoms with Gasteiger partial charge >= 0.3 is 5.97 Å². The third kappa shape index (κ3) is 3.72. The van der Waals surface area contributed by atoms with Crippen LogP contribution in [0.3, 0.4) is 0 Å². The average Bonchev–Trinajstić information content (AvgIpc) is 2.64. The van der Waals surface area contributed by atoms with Crippen molar-refractivity contribution >= 4 is 11.9 Å². The van der Waals surface area contributed by atoms with Crippen LogP contribution in [0.1, 0.15) is 52.9 Å². The van der Waals surface area contributed by atoms with Crippen LogP contribution < -0.4 is 5.32 Å². The molecule has 0 fully saturated rings. The molecule has 0 bridgehead atoms. The summed E-state index contributed by atoms with van der Waals surface area (Å²) >= 11 is 0. The first-order valence-corrected chi connectivity index (χ1v) is 8.85. The molecule has 0 saturated carbocycles. The number of hydrogen-bond donors (Lipinski definition) is 2. The summed E-state index contributed by atoms with van der Waals surface area (Å²) in [6, 6.07) is 12.8. The SMILES string of the molecule is Cc1cccc(C(=O)O[C@H](C)C(=O)N[C@@H]2CCCc3ccccc32)c1O. The van der Waals surface area contributed by atoms with Gasteiger partial charge in [-0.1, -0.05) is 36.4 Å². The molecule has 5 nitrogen and oxygen atoms in total. The molecule has 0 aliphatic heterocycles. The van der Waals surface area contributed by atoms with Crippen molar-refractivity contribution in [3.63, 3.8) is 0 Å². The van der Waals surface area contributed by atoms with E-state index in [2.05, 4.69) is 11.4 Å². The van der Waals surface area contributed by atoms with Crippen LogP contribution in [0.4, 0.5) is 0 Å². The smallest absolute Gasteiger partial charge is 0.342 e. The van der Waals surface area contributed by atoms with E-state index in [0.29, 0.717) is 5.56 Å². The lowest BCUT2D eigenvalue weighted by atomic mass is 9.87. The van der Waals surface area contributed by atoms with E-state index in [1.807, 2.05) is 18.2 Å². The molecule has 0 heterocycles. The zero-order valence-electron chi connectivity index (χ0n) is 15.0. The van der Waals surface area contributed by atoms with Crippen LogP contribution in [-0.4, -0.2) is 23.1 Å². The van der Waals surface area contributed by atoms with E-state index in [1.165, 1.54) is 18.6 Å². The van der Waals surface area contributed by atoms with Gasteiger partial charge in [0, 0.05) is 0 Å². The largest absolute Gasteiger partial charge is 0.507 e. The molecule has 2 atom stereocenters. The summed E-state index contributed by atoms with van der Waals surface area (Å²) in [5.74, 6) is -1.17. The molecule has 2 aromatic rings. The fourth-order valence-electron chi connectivity index (χ4n) is 3.29. The molecule has 0 saturated heterocycles. The summed E-state index contributed by atoms with van der Waals surface area (Å²) in [5, 5.41) is 13.0. The van der Waals surface area contributed by atoms with E-state index in [-0.39, 0.29) is 23.3 Å². The summed E-state index contributed by atoms with van der Waals surface area (Å²) < 4.78 is 5.25. The highest BCUT2D eigenvalue weighted by atomic mass is 16.5. The second-order valence-corrected chi connectivity index (χ2v) is 6.67. The predicted octanol–water partition coefficient (Wildman–Crippen LogP) is 3.44. The van der Waals surface area contributed by atoms with Crippen molar-refractivity contribution in [3.8, 4) is 5.75 Å². The first-order chi connectivity index (χ1) is 12.5. The van der Waals surface area contributed by atoms with Gasteiger partial charge < -0.3 is 15.2 Å². The van der Waals surface area contributed by atoms with Gasteiger partial charge in [-0.25, -0.2) is 4.79 Å². The Hall–Kier alpha value is -2.82. The topological polar surface area (TPSA) is 75.6 Å². The Morgan fingerprint density at radius 1 is 1.19 bits per heavy atom. The van der Waals surface area contributed by atoms with E-state index in [0.717, 1.165) is 24.8 Å². The lowest BCUT2D eigenvalue weighted by Gasteiger charge is -2.27. The number of nitrogens with one attached hydrogen (secondary N) is 1. The molecule has 26 heavy (non-hydrogen) atoms. The van der Waals surface area contributed by atoms with Crippen LogP contribution in [0.25, 0.3) is 0 Å². The maximum atomic E-state index is 12.5. The molecule has 0 spiro atoms. The van der Waals surface area contributed by atoms with Crippen molar-refractivity contribution in [1.82, 2.24) is 5.32 Å². The number of carbonyl (C=O) groups excluding carboxylic acids is 2. The highest BCUT2D eigenvalue weighted by Crippen LogP contribution is 2.29. The molecule has 2 aromatic carbocycles. The maximum absolute atomic E-state index is 12.5. The maximum Gasteiger partial charge on any atom is 0.342 e. The predicted molar refractivity (Wildman–Crippen MR) is 98.0 cm³/mol. The lowest BCUT2D eigenvalue weighted by molar-refractivity contribution is -0.130. The Balaban J connectivity index is 1.65. The molecule has 136 valence electrons. The van der Waals surface area contributed by atoms with Crippen molar-refractivity contribution in [2.45, 2.75) is 45.3 Å². The number of phenols is 1. The van der Waals surface area contributed by atoms with Gasteiger partial charge in [-0.05, 0) is 55.9 Å². The van der Waals surface area contributed by atoms with Gasteiger partial charge in [0.15, 0.2) is 6.10 Å². The number of benzene rings is 2. The number of phenolic OH excluding ortho intramolecular Hbond substituents is 1. The normalized spacial score (nSPS) is 17.1. The number of esters is 1. The second kappa shape index (κ2) is 7.60. The Kier molecular flexibility index (Phi) is 5.26. The molecule has 5 heteroatoms. The number of hydrogen-bond acceptors (Lipinski definition) is 4. The second-order valence-electron chi connectivity index (χ2n) is 6.67. The third-order valence-corrected chi connectivity index (χ3v) is 4.80. The minimum Gasteiger partial charge on any atom is -0.507 e. The van der Waals surface area contributed by atoms with Crippen LogP contribution in [-0.2, 0) is 16.0 Å². The molecule has 1 aliphatic carbocycles. The lowest BCUT2D eigenvalue weighted by Crippen LogP contribution is -2.39. The summed E-state index contributed by atoms with van der Waals surface area (Å²) in [4.78, 5) is 24.7. The number of carbonyl (C=O) groups is 2. The van der Waals surface area contributed by atoms with Crippen molar-refractivity contribution in [3.05, 3.63) is 64.7 Å². The van der Waals surface area contributed by atoms with Crippen LogP contribution in [0.2, 0.25) is 0 Å². The first-order valence-electron chi connectivity index (χ1n) is 8.85. The summed E-state index contributed by atoms with van der Waals surface area (Å²) in [7, 11) is 0. The van der Waals surface area contributed by atoms with Gasteiger partial charge in [-0.15, -0.1) is 0 Å². The van der Waals surface area contributed by atoms with Crippen LogP contribution >= 0.6 is 0 Å². The fourth-order valence-corrected chi connectivity index (χ4v) is 3.29. The number of fused-ring (bicyclic) bond motifs is 1. The molecular formula is C21H23NO4. The number of rotatable bonds is 4. The zero-order valence-corrected chi connectivity index (χ0v) is 15.0. The zero-order chi connectivity index (χ0) is 18.7. The number of ether oxygens (including phenoxy) is 1. The van der Waals surface area contributed by atoms with Gasteiger partial charge in [0.25, 0.3) is 5.91 Å². The van der Waals surface area contributed by atoms with Gasteiger partial charge in [0.1, 0.15) is 11.3 Å². The molecular weight excluding hydrogens is 330 g/mol. The summed E-state index contributed by atoms with van der Waals surface area (Å²) in [5.41, 5.74) is 3.02. The quantitative estimate of drug-likeness (QED) is 0.826. The van der Waals surface area contributed by atoms with E-state index < -0.39 is 12.1 Å². The Labute approximate surface area is 153 Å². The fraction of sp³-hybridized carbons (Fsp3) is 0.333. The van der Waals surface area contributed by atoms with Gasteiger partial charge in [-0.3, -0.25) is 4.79 Å². The molecule has 1 aliphatic rings. The molecule has 2 N–H and O–H groups in total. The molecule has 1 amide bonds.